The van der Waals surface area contributed by atoms with E-state index in [4.69, 9.17) is 10.5 Å². The van der Waals surface area contributed by atoms with E-state index >= 15 is 0 Å². The lowest BCUT2D eigenvalue weighted by molar-refractivity contribution is -0.127. The Bertz CT molecular complexity index is 472. The Balaban J connectivity index is 1.97. The van der Waals surface area contributed by atoms with Crippen LogP contribution >= 0.6 is 0 Å². The molecule has 1 amide bonds. The van der Waals surface area contributed by atoms with Gasteiger partial charge in [-0.2, -0.15) is 0 Å². The number of rotatable bonds is 3. The van der Waals surface area contributed by atoms with Crippen LogP contribution in [0.2, 0.25) is 0 Å². The zero-order valence-corrected chi connectivity index (χ0v) is 12.1. The van der Waals surface area contributed by atoms with E-state index in [9.17, 15) is 4.79 Å². The first-order chi connectivity index (χ1) is 9.58. The van der Waals surface area contributed by atoms with Crippen molar-refractivity contribution in [2.24, 2.45) is 11.7 Å². The van der Waals surface area contributed by atoms with Gasteiger partial charge in [0.25, 0.3) is 0 Å². The average molecular weight is 274 g/mol. The van der Waals surface area contributed by atoms with Crippen LogP contribution in [-0.2, 0) is 4.79 Å². The van der Waals surface area contributed by atoms with E-state index in [1.54, 1.807) is 13.2 Å². The molecule has 0 radical (unpaired) electrons. The van der Waals surface area contributed by atoms with Crippen molar-refractivity contribution in [3.63, 3.8) is 0 Å². The molecule has 2 unspecified atom stereocenters. The summed E-state index contributed by atoms with van der Waals surface area (Å²) < 4.78 is 5.10. The van der Waals surface area contributed by atoms with Gasteiger partial charge in [0.2, 0.25) is 5.91 Å². The normalized spacial score (nSPS) is 23.1. The molecule has 1 aromatic carbocycles. The Kier molecular flexibility index (Phi) is 4.79. The highest BCUT2D eigenvalue weighted by Gasteiger charge is 2.24. The van der Waals surface area contributed by atoms with Crippen LogP contribution in [0, 0.1) is 5.92 Å². The fraction of sp³-hybridized carbons (Fsp3) is 0.438. The number of carbonyl (C=O) groups excluding carboxylic acids is 1. The van der Waals surface area contributed by atoms with Crippen LogP contribution in [0.4, 0.5) is 0 Å². The topological polar surface area (TPSA) is 55.6 Å². The van der Waals surface area contributed by atoms with Gasteiger partial charge in [0.1, 0.15) is 5.75 Å². The fourth-order valence-electron chi connectivity index (χ4n) is 2.57. The molecule has 0 bridgehead atoms. The first-order valence-corrected chi connectivity index (χ1v) is 6.95. The molecule has 0 spiro atoms. The van der Waals surface area contributed by atoms with Gasteiger partial charge < -0.3 is 15.4 Å². The van der Waals surface area contributed by atoms with Crippen molar-refractivity contribution in [2.75, 3.05) is 20.2 Å². The number of likely N-dealkylation sites (tertiary alicyclic amines) is 1. The van der Waals surface area contributed by atoms with Gasteiger partial charge in [0.05, 0.1) is 7.11 Å². The minimum absolute atomic E-state index is 0.0304. The van der Waals surface area contributed by atoms with Crippen LogP contribution in [0.5, 0.6) is 5.75 Å². The molecule has 1 fully saturated rings. The summed E-state index contributed by atoms with van der Waals surface area (Å²) in [6, 6.07) is 7.70. The second-order valence-electron chi connectivity index (χ2n) is 5.45. The molecule has 20 heavy (non-hydrogen) atoms. The van der Waals surface area contributed by atoms with E-state index < -0.39 is 0 Å². The molecule has 0 saturated carbocycles. The largest absolute Gasteiger partial charge is 0.497 e. The predicted octanol–water partition coefficient (Wildman–Crippen LogP) is 1.90. The third kappa shape index (κ3) is 3.84. The number of carbonyl (C=O) groups is 1. The van der Waals surface area contributed by atoms with E-state index in [0.717, 1.165) is 24.3 Å². The summed E-state index contributed by atoms with van der Waals surface area (Å²) in [4.78, 5) is 14.0. The molecular formula is C16H22N2O2. The van der Waals surface area contributed by atoms with Crippen molar-refractivity contribution in [1.82, 2.24) is 4.90 Å². The quantitative estimate of drug-likeness (QED) is 0.857. The second-order valence-corrected chi connectivity index (χ2v) is 5.45. The number of piperidine rings is 1. The summed E-state index contributed by atoms with van der Waals surface area (Å²) in [5.74, 6) is 1.31. The third-order valence-electron chi connectivity index (χ3n) is 3.54. The highest BCUT2D eigenvalue weighted by molar-refractivity contribution is 5.91. The van der Waals surface area contributed by atoms with Crippen LogP contribution in [-0.4, -0.2) is 37.0 Å². The van der Waals surface area contributed by atoms with Gasteiger partial charge in [-0.3, -0.25) is 4.79 Å². The lowest BCUT2D eigenvalue weighted by atomic mass is 9.96. The Hall–Kier alpha value is -1.81. The SMILES string of the molecule is COc1ccc(/C=C/C(=O)N2CC(C)CC(N)C2)cc1. The molecular weight excluding hydrogens is 252 g/mol. The van der Waals surface area contributed by atoms with Crippen molar-refractivity contribution >= 4 is 12.0 Å². The summed E-state index contributed by atoms with van der Waals surface area (Å²) >= 11 is 0. The second kappa shape index (κ2) is 6.57. The predicted molar refractivity (Wildman–Crippen MR) is 80.4 cm³/mol. The Morgan fingerprint density at radius 2 is 2.05 bits per heavy atom. The molecule has 1 aliphatic heterocycles. The number of amides is 1. The molecule has 1 aliphatic rings. The van der Waals surface area contributed by atoms with Gasteiger partial charge in [-0.1, -0.05) is 19.1 Å². The highest BCUT2D eigenvalue weighted by atomic mass is 16.5. The van der Waals surface area contributed by atoms with Crippen LogP contribution in [0.25, 0.3) is 6.08 Å². The summed E-state index contributed by atoms with van der Waals surface area (Å²) in [5, 5.41) is 0. The first-order valence-electron chi connectivity index (χ1n) is 6.95. The molecule has 0 aromatic heterocycles. The van der Waals surface area contributed by atoms with Crippen molar-refractivity contribution in [2.45, 2.75) is 19.4 Å². The summed E-state index contributed by atoms with van der Waals surface area (Å²) in [6.07, 6.45) is 4.44. The van der Waals surface area contributed by atoms with E-state index in [-0.39, 0.29) is 11.9 Å². The molecule has 2 N–H and O–H groups in total. The minimum atomic E-state index is 0.0304. The van der Waals surface area contributed by atoms with E-state index in [1.807, 2.05) is 35.2 Å². The third-order valence-corrected chi connectivity index (χ3v) is 3.54. The molecule has 2 rings (SSSR count). The molecule has 0 aliphatic carbocycles. The number of hydrogen-bond acceptors (Lipinski definition) is 3. The van der Waals surface area contributed by atoms with Crippen molar-refractivity contribution in [3.8, 4) is 5.75 Å². The molecule has 2 atom stereocenters. The van der Waals surface area contributed by atoms with E-state index in [1.165, 1.54) is 0 Å². The molecule has 4 heteroatoms. The van der Waals surface area contributed by atoms with Crippen LogP contribution < -0.4 is 10.5 Å². The molecule has 108 valence electrons. The fourth-order valence-corrected chi connectivity index (χ4v) is 2.57. The smallest absolute Gasteiger partial charge is 0.246 e. The van der Waals surface area contributed by atoms with Crippen molar-refractivity contribution in [3.05, 3.63) is 35.9 Å². The van der Waals surface area contributed by atoms with Crippen molar-refractivity contribution < 1.29 is 9.53 Å². The zero-order chi connectivity index (χ0) is 14.5. The lowest BCUT2D eigenvalue weighted by Gasteiger charge is -2.34. The van der Waals surface area contributed by atoms with Gasteiger partial charge in [-0.25, -0.2) is 0 Å². The Morgan fingerprint density at radius 1 is 1.35 bits per heavy atom. The maximum absolute atomic E-state index is 12.1. The maximum atomic E-state index is 12.1. The monoisotopic (exact) mass is 274 g/mol. The first kappa shape index (κ1) is 14.6. The van der Waals surface area contributed by atoms with Gasteiger partial charge in [0.15, 0.2) is 0 Å². The maximum Gasteiger partial charge on any atom is 0.246 e. The zero-order valence-electron chi connectivity index (χ0n) is 12.1. The average Bonchev–Trinajstić information content (AvgIpc) is 2.44. The van der Waals surface area contributed by atoms with Gasteiger partial charge in [-0.05, 0) is 36.1 Å². The number of methoxy groups -OCH3 is 1. The number of benzene rings is 1. The number of nitrogens with two attached hydrogens (primary N) is 1. The minimum Gasteiger partial charge on any atom is -0.497 e. The number of nitrogens with zero attached hydrogens (tertiary/aromatic N) is 1. The van der Waals surface area contributed by atoms with Crippen LogP contribution in [0.1, 0.15) is 18.9 Å². The Morgan fingerprint density at radius 3 is 2.65 bits per heavy atom. The van der Waals surface area contributed by atoms with E-state index in [0.29, 0.717) is 12.5 Å². The summed E-state index contributed by atoms with van der Waals surface area (Å²) in [7, 11) is 1.63. The van der Waals surface area contributed by atoms with Gasteiger partial charge >= 0.3 is 0 Å². The number of hydrogen-bond donors (Lipinski definition) is 1. The molecule has 1 aromatic rings. The van der Waals surface area contributed by atoms with E-state index in [2.05, 4.69) is 6.92 Å². The highest BCUT2D eigenvalue weighted by Crippen LogP contribution is 2.16. The molecule has 1 heterocycles. The van der Waals surface area contributed by atoms with Gasteiger partial charge in [0, 0.05) is 25.2 Å². The van der Waals surface area contributed by atoms with Gasteiger partial charge in [-0.15, -0.1) is 0 Å². The number of ether oxygens (including phenoxy) is 1. The summed E-state index contributed by atoms with van der Waals surface area (Å²) in [6.45, 7) is 3.57. The van der Waals surface area contributed by atoms with Crippen molar-refractivity contribution in [1.29, 1.82) is 0 Å². The summed E-state index contributed by atoms with van der Waals surface area (Å²) in [5.41, 5.74) is 6.94. The van der Waals surface area contributed by atoms with Crippen LogP contribution in [0.3, 0.4) is 0 Å². The lowest BCUT2D eigenvalue weighted by Crippen LogP contribution is -2.48. The van der Waals surface area contributed by atoms with Crippen LogP contribution in [0.15, 0.2) is 30.3 Å². The molecule has 1 saturated heterocycles. The Labute approximate surface area is 120 Å². The molecule has 4 nitrogen and oxygen atoms in total. The standard InChI is InChI=1S/C16H22N2O2/c1-12-9-14(17)11-18(10-12)16(19)8-5-13-3-6-15(20-2)7-4-13/h3-8,12,14H,9-11,17H2,1-2H3/b8-5+.